The van der Waals surface area contributed by atoms with Gasteiger partial charge >= 0.3 is 0 Å². The lowest BCUT2D eigenvalue weighted by atomic mass is 9.87. The summed E-state index contributed by atoms with van der Waals surface area (Å²) in [5.74, 6) is 1.40. The number of ether oxygens (including phenoxy) is 1. The summed E-state index contributed by atoms with van der Waals surface area (Å²) >= 11 is 0. The average Bonchev–Trinajstić information content (AvgIpc) is 3.20. The van der Waals surface area contributed by atoms with Gasteiger partial charge in [-0.25, -0.2) is 13.1 Å². The van der Waals surface area contributed by atoms with Crippen LogP contribution in [0.1, 0.15) is 63.1 Å². The minimum Gasteiger partial charge on any atom is -0.496 e. The van der Waals surface area contributed by atoms with Crippen LogP contribution >= 0.6 is 0 Å². The molecule has 0 aliphatic heterocycles. The Balaban J connectivity index is 1.78. The summed E-state index contributed by atoms with van der Waals surface area (Å²) in [7, 11) is -2.20. The van der Waals surface area contributed by atoms with Crippen LogP contribution in [0.3, 0.4) is 0 Å². The van der Waals surface area contributed by atoms with Crippen molar-refractivity contribution in [3.63, 3.8) is 0 Å². The van der Waals surface area contributed by atoms with Crippen molar-refractivity contribution < 1.29 is 17.7 Å². The van der Waals surface area contributed by atoms with E-state index in [9.17, 15) is 8.42 Å². The van der Waals surface area contributed by atoms with Crippen LogP contribution in [-0.2, 0) is 22.0 Å². The van der Waals surface area contributed by atoms with E-state index in [0.717, 1.165) is 11.1 Å². The third-order valence-corrected chi connectivity index (χ3v) is 6.87. The third kappa shape index (κ3) is 5.19. The molecule has 0 fully saturated rings. The first-order valence-corrected chi connectivity index (χ1v) is 12.0. The summed E-state index contributed by atoms with van der Waals surface area (Å²) in [5, 5.41) is 3.99. The first-order chi connectivity index (χ1) is 14.9. The quantitative estimate of drug-likeness (QED) is 0.539. The molecule has 0 radical (unpaired) electrons. The lowest BCUT2D eigenvalue weighted by Gasteiger charge is -2.18. The van der Waals surface area contributed by atoms with E-state index >= 15 is 0 Å². The molecule has 0 amide bonds. The largest absolute Gasteiger partial charge is 0.496 e. The second-order valence-electron chi connectivity index (χ2n) is 9.18. The van der Waals surface area contributed by atoms with Crippen molar-refractivity contribution in [3.8, 4) is 17.1 Å². The topological polar surface area (TPSA) is 94.3 Å². The van der Waals surface area contributed by atoms with Gasteiger partial charge in [-0.1, -0.05) is 64.0 Å². The maximum absolute atomic E-state index is 13.0. The van der Waals surface area contributed by atoms with Gasteiger partial charge in [0.05, 0.1) is 18.6 Å². The van der Waals surface area contributed by atoms with Gasteiger partial charge in [-0.15, -0.1) is 0 Å². The van der Waals surface area contributed by atoms with Crippen LogP contribution in [0.15, 0.2) is 45.8 Å². The molecule has 0 unspecified atom stereocenters. The number of hydrogen-bond donors (Lipinski definition) is 1. The van der Waals surface area contributed by atoms with Crippen LogP contribution in [0.4, 0.5) is 0 Å². The Bertz CT molecular complexity index is 1190. The molecule has 8 heteroatoms. The zero-order chi connectivity index (χ0) is 23.7. The number of methoxy groups -OCH3 is 1. The van der Waals surface area contributed by atoms with Crippen LogP contribution in [0.5, 0.6) is 5.75 Å². The Kier molecular flexibility index (Phi) is 6.76. The fourth-order valence-corrected chi connectivity index (χ4v) is 4.63. The highest BCUT2D eigenvalue weighted by molar-refractivity contribution is 7.89. The van der Waals surface area contributed by atoms with Crippen LogP contribution in [0, 0.1) is 6.92 Å². The monoisotopic (exact) mass is 457 g/mol. The maximum Gasteiger partial charge on any atom is 0.242 e. The van der Waals surface area contributed by atoms with Crippen LogP contribution in [0.25, 0.3) is 11.4 Å². The second-order valence-corrected chi connectivity index (χ2v) is 10.9. The van der Waals surface area contributed by atoms with Crippen molar-refractivity contribution >= 4 is 10.0 Å². The number of aromatic nitrogens is 2. The fourth-order valence-electron chi connectivity index (χ4n) is 3.39. The van der Waals surface area contributed by atoms with Gasteiger partial charge < -0.3 is 9.26 Å². The fraction of sp³-hybridized carbons (Fsp3) is 0.417. The number of aryl methyl sites for hydroxylation is 1. The third-order valence-electron chi connectivity index (χ3n) is 5.33. The van der Waals surface area contributed by atoms with Gasteiger partial charge in [0.25, 0.3) is 0 Å². The van der Waals surface area contributed by atoms with Gasteiger partial charge in [-0.3, -0.25) is 0 Å². The van der Waals surface area contributed by atoms with Crippen LogP contribution < -0.4 is 9.46 Å². The Morgan fingerprint density at radius 1 is 1.12 bits per heavy atom. The molecule has 32 heavy (non-hydrogen) atoms. The first-order valence-electron chi connectivity index (χ1n) is 10.5. The number of benzene rings is 2. The smallest absolute Gasteiger partial charge is 0.242 e. The summed E-state index contributed by atoms with van der Waals surface area (Å²) in [6.45, 7) is 12.1. The molecule has 0 spiro atoms. The molecule has 1 N–H and O–H groups in total. The van der Waals surface area contributed by atoms with Gasteiger partial charge in [-0.2, -0.15) is 4.98 Å². The highest BCUT2D eigenvalue weighted by Crippen LogP contribution is 2.31. The van der Waals surface area contributed by atoms with E-state index < -0.39 is 10.0 Å². The molecule has 1 aromatic heterocycles. The summed E-state index contributed by atoms with van der Waals surface area (Å²) in [4.78, 5) is 4.55. The summed E-state index contributed by atoms with van der Waals surface area (Å²) in [6.07, 6.45) is 0. The minimum atomic E-state index is -3.78. The first kappa shape index (κ1) is 23.9. The number of sulfonamides is 1. The summed E-state index contributed by atoms with van der Waals surface area (Å²) in [5.41, 5.74) is 3.49. The lowest BCUT2D eigenvalue weighted by Crippen LogP contribution is -2.24. The molecule has 0 saturated carbocycles. The summed E-state index contributed by atoms with van der Waals surface area (Å²) < 4.78 is 39.2. The normalized spacial score (nSPS) is 12.4. The van der Waals surface area contributed by atoms with E-state index in [1.165, 1.54) is 5.56 Å². The van der Waals surface area contributed by atoms with E-state index in [-0.39, 0.29) is 28.7 Å². The van der Waals surface area contributed by atoms with Crippen molar-refractivity contribution in [2.75, 3.05) is 7.11 Å². The Morgan fingerprint density at radius 2 is 1.78 bits per heavy atom. The molecule has 0 bridgehead atoms. The highest BCUT2D eigenvalue weighted by atomic mass is 32.2. The molecule has 0 atom stereocenters. The second kappa shape index (κ2) is 9.03. The van der Waals surface area contributed by atoms with Crippen LogP contribution in [0.2, 0.25) is 0 Å². The standard InChI is InChI=1S/C24H31N3O4S/c1-15(2)19-13-21(16(3)12-20(19)30-7)32(28,29)25-14-22-26-23(27-31-22)17-8-10-18(11-9-17)24(4,5)6/h8-13,15,25H,14H2,1-7H3. The van der Waals surface area contributed by atoms with Crippen LogP contribution in [-0.4, -0.2) is 25.7 Å². The number of nitrogens with zero attached hydrogens (tertiary/aromatic N) is 2. The molecule has 0 saturated heterocycles. The summed E-state index contributed by atoms with van der Waals surface area (Å²) in [6, 6.07) is 11.4. The Hall–Kier alpha value is -2.71. The predicted octanol–water partition coefficient (Wildman–Crippen LogP) is 4.95. The molecule has 7 nitrogen and oxygen atoms in total. The van der Waals surface area contributed by atoms with Crippen molar-refractivity contribution in [3.05, 3.63) is 59.0 Å². The molecule has 1 heterocycles. The number of rotatable bonds is 7. The van der Waals surface area contributed by atoms with Crippen molar-refractivity contribution in [1.29, 1.82) is 0 Å². The zero-order valence-corrected chi connectivity index (χ0v) is 20.5. The van der Waals surface area contributed by atoms with Crippen molar-refractivity contribution in [1.82, 2.24) is 14.9 Å². The number of nitrogens with one attached hydrogen (secondary N) is 1. The van der Waals surface area contributed by atoms with E-state index in [2.05, 4.69) is 35.6 Å². The van der Waals surface area contributed by atoms with E-state index in [1.54, 1.807) is 26.2 Å². The maximum atomic E-state index is 13.0. The molecule has 172 valence electrons. The SMILES string of the molecule is COc1cc(C)c(S(=O)(=O)NCc2nc(-c3ccc(C(C)(C)C)cc3)no2)cc1C(C)C. The zero-order valence-electron chi connectivity index (χ0n) is 19.7. The van der Waals surface area contributed by atoms with E-state index in [4.69, 9.17) is 9.26 Å². The number of hydrogen-bond acceptors (Lipinski definition) is 6. The highest BCUT2D eigenvalue weighted by Gasteiger charge is 2.22. The lowest BCUT2D eigenvalue weighted by molar-refractivity contribution is 0.376. The average molecular weight is 458 g/mol. The van der Waals surface area contributed by atoms with Gasteiger partial charge in [-0.05, 0) is 47.1 Å². The van der Waals surface area contributed by atoms with Gasteiger partial charge in [0.1, 0.15) is 5.75 Å². The molecule has 3 rings (SSSR count). The molecular weight excluding hydrogens is 426 g/mol. The molecule has 3 aromatic rings. The van der Waals surface area contributed by atoms with E-state index in [0.29, 0.717) is 17.1 Å². The Morgan fingerprint density at radius 3 is 2.34 bits per heavy atom. The Labute approximate surface area is 190 Å². The van der Waals surface area contributed by atoms with Gasteiger partial charge in [0.15, 0.2) is 0 Å². The van der Waals surface area contributed by atoms with Crippen molar-refractivity contribution in [2.24, 2.45) is 0 Å². The predicted molar refractivity (Wildman–Crippen MR) is 124 cm³/mol. The molecule has 2 aromatic carbocycles. The molecule has 0 aliphatic carbocycles. The van der Waals surface area contributed by atoms with E-state index in [1.807, 2.05) is 38.1 Å². The van der Waals surface area contributed by atoms with Gasteiger partial charge in [0, 0.05) is 5.56 Å². The minimum absolute atomic E-state index is 0.0498. The molecular formula is C24H31N3O4S. The van der Waals surface area contributed by atoms with Gasteiger partial charge in [0.2, 0.25) is 21.7 Å². The molecule has 0 aliphatic rings. The van der Waals surface area contributed by atoms with Crippen molar-refractivity contribution in [2.45, 2.75) is 64.3 Å².